The van der Waals surface area contributed by atoms with Gasteiger partial charge in [-0.2, -0.15) is 0 Å². The van der Waals surface area contributed by atoms with Gasteiger partial charge in [0.25, 0.3) is 0 Å². The summed E-state index contributed by atoms with van der Waals surface area (Å²) in [5.74, 6) is -24.9. The lowest BCUT2D eigenvalue weighted by Gasteiger charge is -2.45. The van der Waals surface area contributed by atoms with Crippen molar-refractivity contribution in [3.63, 3.8) is 0 Å². The summed E-state index contributed by atoms with van der Waals surface area (Å²) in [6, 6.07) is 7.12. The van der Waals surface area contributed by atoms with Crippen molar-refractivity contribution >= 4 is 35.4 Å². The topological polar surface area (TPSA) is 9.23 Å². The molecule has 13 heteroatoms. The van der Waals surface area contributed by atoms with Crippen molar-refractivity contribution in [1.82, 2.24) is 0 Å². The van der Waals surface area contributed by atoms with Crippen LogP contribution in [0.5, 0.6) is 0 Å². The summed E-state index contributed by atoms with van der Waals surface area (Å²) in [6.07, 6.45) is -5.22. The van der Waals surface area contributed by atoms with Gasteiger partial charge in [0.2, 0.25) is 6.35 Å². The van der Waals surface area contributed by atoms with E-state index < -0.39 is 89.3 Å². The maximum atomic E-state index is 16.0. The van der Waals surface area contributed by atoms with Crippen LogP contribution in [0.2, 0.25) is 6.32 Å². The van der Waals surface area contributed by atoms with Gasteiger partial charge in [0.05, 0.1) is 6.16 Å². The third-order valence-electron chi connectivity index (χ3n) is 9.11. The van der Waals surface area contributed by atoms with E-state index in [0.717, 1.165) is 11.1 Å². The second kappa shape index (κ2) is 12.3. The van der Waals surface area contributed by atoms with E-state index in [-0.39, 0.29) is 19.0 Å². The summed E-state index contributed by atoms with van der Waals surface area (Å²) in [5.41, 5.74) is 0.443. The molecule has 4 aromatic carbocycles. The third kappa shape index (κ3) is 5.26. The highest BCUT2D eigenvalue weighted by atomic mass is 31.2. The van der Waals surface area contributed by atoms with Gasteiger partial charge in [-0.05, 0) is 70.2 Å². The lowest BCUT2D eigenvalue weighted by Crippen LogP contribution is -2.66. The normalized spacial score (nSPS) is 16.0. The lowest BCUT2D eigenvalue weighted by molar-refractivity contribution is 0.378. The molecule has 0 atom stereocenters. The fraction of sp³-hybridized carbons (Fsp3) is 0.294. The molecule has 1 aliphatic rings. The van der Waals surface area contributed by atoms with Gasteiger partial charge in [-0.1, -0.05) is 52.7 Å². The molecule has 250 valence electrons. The van der Waals surface area contributed by atoms with Crippen molar-refractivity contribution in [3.05, 3.63) is 116 Å². The van der Waals surface area contributed by atoms with Gasteiger partial charge in [-0.15, -0.1) is 6.32 Å². The predicted molar refractivity (Wildman–Crippen MR) is 165 cm³/mol. The van der Waals surface area contributed by atoms with E-state index in [9.17, 15) is 26.3 Å². The Morgan fingerprint density at radius 1 is 0.468 bits per heavy atom. The van der Waals surface area contributed by atoms with Crippen LogP contribution in [0.15, 0.2) is 24.3 Å². The van der Waals surface area contributed by atoms with E-state index >= 15 is 17.6 Å². The zero-order valence-corrected chi connectivity index (χ0v) is 27.2. The molecule has 0 spiro atoms. The van der Waals surface area contributed by atoms with Crippen LogP contribution in [0.25, 0.3) is 0 Å². The monoisotopic (exact) mass is 686 g/mol. The molecule has 0 bridgehead atoms. The Kier molecular flexibility index (Phi) is 9.12. The van der Waals surface area contributed by atoms with Gasteiger partial charge in [-0.25, -0.2) is 43.9 Å². The van der Waals surface area contributed by atoms with Crippen LogP contribution in [0.1, 0.15) is 46.2 Å². The third-order valence-corrected chi connectivity index (χ3v) is 13.6. The van der Waals surface area contributed by atoms with E-state index in [0.29, 0.717) is 32.9 Å². The first-order chi connectivity index (χ1) is 21.9. The molecule has 0 amide bonds. The van der Waals surface area contributed by atoms with Crippen LogP contribution in [0.3, 0.4) is 0 Å². The molecule has 1 fully saturated rings. The van der Waals surface area contributed by atoms with Crippen LogP contribution in [0.4, 0.5) is 43.9 Å². The molecule has 47 heavy (non-hydrogen) atoms. The minimum absolute atomic E-state index is 0.0662. The fourth-order valence-electron chi connectivity index (χ4n) is 7.70. The molecular weight excluding hydrogens is 656 g/mol. The minimum Gasteiger partial charge on any atom is -0.423 e. The number of hydrogen-bond donors (Lipinski definition) is 0. The quantitative estimate of drug-likeness (QED) is 0.0690. The van der Waals surface area contributed by atoms with E-state index in [1.54, 1.807) is 52.0 Å². The van der Waals surface area contributed by atoms with Crippen molar-refractivity contribution < 1.29 is 48.3 Å². The summed E-state index contributed by atoms with van der Waals surface area (Å²) < 4.78 is 159. The first kappa shape index (κ1) is 35.0. The fourth-order valence-corrected chi connectivity index (χ4v) is 12.8. The van der Waals surface area contributed by atoms with E-state index in [1.807, 2.05) is 13.8 Å². The largest absolute Gasteiger partial charge is 0.423 e. The van der Waals surface area contributed by atoms with Crippen LogP contribution in [0, 0.1) is 99.7 Å². The summed E-state index contributed by atoms with van der Waals surface area (Å²) in [6.45, 7) is 10.5. The van der Waals surface area contributed by atoms with Crippen molar-refractivity contribution in [3.8, 4) is 0 Å². The van der Waals surface area contributed by atoms with Gasteiger partial charge in [-0.3, -0.25) is 0 Å². The van der Waals surface area contributed by atoms with Crippen molar-refractivity contribution in [2.45, 2.75) is 60.7 Å². The maximum Gasteiger partial charge on any atom is 0.232 e. The highest BCUT2D eigenvalue weighted by Gasteiger charge is 2.57. The molecule has 0 unspecified atom stereocenters. The molecule has 0 aromatic heterocycles. The summed E-state index contributed by atoms with van der Waals surface area (Å²) >= 11 is 0. The molecule has 1 saturated heterocycles. The van der Waals surface area contributed by atoms with Crippen LogP contribution in [-0.4, -0.2) is 12.5 Å². The van der Waals surface area contributed by atoms with Crippen molar-refractivity contribution in [1.29, 1.82) is 0 Å². The predicted octanol–water partition coefficient (Wildman–Crippen LogP) is 8.38. The number of halogens is 10. The molecule has 4 aromatic rings. The van der Waals surface area contributed by atoms with Gasteiger partial charge < -0.3 is 4.44 Å². The molecule has 0 aliphatic carbocycles. The lowest BCUT2D eigenvalue weighted by atomic mass is 9.29. The molecule has 0 radical (unpaired) electrons. The zero-order valence-electron chi connectivity index (χ0n) is 26.4. The number of hydrogen-bond acceptors (Lipinski definition) is 1. The first-order valence-corrected chi connectivity index (χ1v) is 16.8. The Labute approximate surface area is 266 Å². The van der Waals surface area contributed by atoms with E-state index in [2.05, 4.69) is 0 Å². The van der Waals surface area contributed by atoms with Gasteiger partial charge in [0.15, 0.2) is 42.4 Å². The highest BCUT2D eigenvalue weighted by Crippen LogP contribution is 2.64. The first-order valence-electron chi connectivity index (χ1n) is 14.9. The van der Waals surface area contributed by atoms with Crippen LogP contribution in [-0.2, 0) is 4.44 Å². The molecule has 0 N–H and O–H groups in total. The van der Waals surface area contributed by atoms with Gasteiger partial charge in [0, 0.05) is 0 Å². The molecule has 1 aliphatic heterocycles. The average molecular weight is 686 g/mol. The summed E-state index contributed by atoms with van der Waals surface area (Å²) in [7, 11) is -3.76. The van der Waals surface area contributed by atoms with E-state index in [4.69, 9.17) is 4.44 Å². The van der Waals surface area contributed by atoms with Gasteiger partial charge in [0.1, 0.15) is 33.9 Å². The Hall–Kier alpha value is -3.37. The Morgan fingerprint density at radius 2 is 0.766 bits per heavy atom. The molecule has 0 saturated carbocycles. The van der Waals surface area contributed by atoms with Gasteiger partial charge >= 0.3 is 0 Å². The molecule has 5 rings (SSSR count). The summed E-state index contributed by atoms with van der Waals surface area (Å²) in [5, 5.41) is 0.943. The zero-order chi connectivity index (χ0) is 34.9. The average Bonchev–Trinajstić information content (AvgIpc) is 3.17. The maximum absolute atomic E-state index is 16.0. The Morgan fingerprint density at radius 3 is 1.09 bits per heavy atom. The van der Waals surface area contributed by atoms with Crippen molar-refractivity contribution in [2.75, 3.05) is 6.16 Å². The minimum atomic E-state index is -4.43. The van der Waals surface area contributed by atoms with Crippen molar-refractivity contribution in [2.24, 2.45) is 0 Å². The SMILES string of the molecule is Cc1cc(C)c([P+]2(c3c(C)cc(C)cc3C)CCCC[B-](c3c(F)c(F)c(F)c(F)c3F)(c3c(F)c(F)c(F)c(F)c3F)O2)c(C)c1. The van der Waals surface area contributed by atoms with E-state index in [1.165, 1.54) is 0 Å². The van der Waals surface area contributed by atoms with Crippen LogP contribution < -0.4 is 21.5 Å². The van der Waals surface area contributed by atoms with Crippen LogP contribution >= 0.6 is 7.49 Å². The Bertz CT molecular complexity index is 1730. The molecule has 1 nitrogen and oxygen atoms in total. The highest BCUT2D eigenvalue weighted by molar-refractivity contribution is 7.87. The standard InChI is InChI=1S/C34H30BF10OP/c1-15-11-17(3)33(18(4)12-15)47(34-19(5)13-16(2)14-20(34)6)10-8-7-9-35(46-47,21-23(36)27(40)31(44)28(41)24(21)37)22-25(38)29(42)32(45)30(43)26(22)39/h11-14H,7-10H2,1-6H3. The Balaban J connectivity index is 2.08. The number of benzene rings is 4. The molecular formula is C34H30BF10OP. The smallest absolute Gasteiger partial charge is 0.232 e. The second-order valence-corrected chi connectivity index (χ2v) is 15.5. The second-order valence-electron chi connectivity index (χ2n) is 12.5. The molecule has 1 heterocycles. The number of aryl methyl sites for hydroxylation is 6. The number of rotatable bonds is 4. The summed E-state index contributed by atoms with van der Waals surface area (Å²) in [4.78, 5) is 0.